The van der Waals surface area contributed by atoms with Gasteiger partial charge in [0.25, 0.3) is 0 Å². The standard InChI is InChI=1S/C17H34N2/c1-16(2)10-7-11-17(13-16,14-18)19(3)12-15-8-5-4-6-9-15/h15H,4-14,18H2,1-3H3. The molecule has 2 aliphatic carbocycles. The molecule has 0 aromatic carbocycles. The molecule has 0 spiro atoms. The molecule has 0 bridgehead atoms. The minimum Gasteiger partial charge on any atom is -0.329 e. The van der Waals surface area contributed by atoms with Crippen LogP contribution in [-0.2, 0) is 0 Å². The Kier molecular flexibility index (Phi) is 4.94. The Labute approximate surface area is 120 Å². The van der Waals surface area contributed by atoms with Gasteiger partial charge in [0, 0.05) is 18.6 Å². The van der Waals surface area contributed by atoms with E-state index in [4.69, 9.17) is 5.73 Å². The van der Waals surface area contributed by atoms with Gasteiger partial charge in [0.05, 0.1) is 0 Å². The Morgan fingerprint density at radius 1 is 1.05 bits per heavy atom. The third kappa shape index (κ3) is 3.72. The highest BCUT2D eigenvalue weighted by Crippen LogP contribution is 2.43. The van der Waals surface area contributed by atoms with E-state index < -0.39 is 0 Å². The fourth-order valence-electron chi connectivity index (χ4n) is 4.57. The second-order valence-electron chi connectivity index (χ2n) is 8.01. The third-order valence-corrected chi connectivity index (χ3v) is 5.75. The van der Waals surface area contributed by atoms with Gasteiger partial charge in [-0.1, -0.05) is 39.5 Å². The van der Waals surface area contributed by atoms with E-state index in [1.54, 1.807) is 0 Å². The maximum atomic E-state index is 6.22. The Morgan fingerprint density at radius 2 is 1.74 bits per heavy atom. The van der Waals surface area contributed by atoms with E-state index >= 15 is 0 Å². The van der Waals surface area contributed by atoms with Crippen LogP contribution in [0.4, 0.5) is 0 Å². The first-order valence-electron chi connectivity index (χ1n) is 8.39. The topological polar surface area (TPSA) is 29.3 Å². The zero-order valence-corrected chi connectivity index (χ0v) is 13.4. The Hall–Kier alpha value is -0.0800. The van der Waals surface area contributed by atoms with Gasteiger partial charge in [-0.05, 0) is 50.5 Å². The van der Waals surface area contributed by atoms with E-state index in [0.29, 0.717) is 5.41 Å². The average molecular weight is 266 g/mol. The SMILES string of the molecule is CN(CC1CCCCC1)C1(CN)CCCC(C)(C)C1. The minimum atomic E-state index is 0.277. The molecule has 1 atom stereocenters. The van der Waals surface area contributed by atoms with Crippen LogP contribution in [0.1, 0.15) is 71.6 Å². The lowest BCUT2D eigenvalue weighted by atomic mass is 9.67. The van der Waals surface area contributed by atoms with Gasteiger partial charge >= 0.3 is 0 Å². The number of hydrogen-bond acceptors (Lipinski definition) is 2. The van der Waals surface area contributed by atoms with E-state index in [-0.39, 0.29) is 5.54 Å². The Bertz CT molecular complexity index is 281. The van der Waals surface area contributed by atoms with Crippen molar-refractivity contribution in [3.8, 4) is 0 Å². The normalized spacial score (nSPS) is 32.7. The van der Waals surface area contributed by atoms with Crippen LogP contribution in [0.5, 0.6) is 0 Å². The third-order valence-electron chi connectivity index (χ3n) is 5.75. The van der Waals surface area contributed by atoms with Gasteiger partial charge in [0.2, 0.25) is 0 Å². The van der Waals surface area contributed by atoms with E-state index in [2.05, 4.69) is 25.8 Å². The number of nitrogens with two attached hydrogens (primary N) is 1. The maximum absolute atomic E-state index is 6.22. The molecule has 2 nitrogen and oxygen atoms in total. The number of hydrogen-bond donors (Lipinski definition) is 1. The first-order valence-corrected chi connectivity index (χ1v) is 8.39. The minimum absolute atomic E-state index is 0.277. The molecule has 0 aromatic heterocycles. The molecule has 0 radical (unpaired) electrons. The summed E-state index contributed by atoms with van der Waals surface area (Å²) < 4.78 is 0. The van der Waals surface area contributed by atoms with Crippen molar-refractivity contribution in [2.45, 2.75) is 77.2 Å². The van der Waals surface area contributed by atoms with Crippen molar-refractivity contribution >= 4 is 0 Å². The maximum Gasteiger partial charge on any atom is 0.0333 e. The zero-order chi connectivity index (χ0) is 13.9. The fraction of sp³-hybridized carbons (Fsp3) is 1.00. The summed E-state index contributed by atoms with van der Waals surface area (Å²) in [4.78, 5) is 2.64. The molecule has 112 valence electrons. The van der Waals surface area contributed by atoms with Gasteiger partial charge in [-0.3, -0.25) is 4.90 Å². The summed E-state index contributed by atoms with van der Waals surface area (Å²) in [5.41, 5.74) is 6.97. The van der Waals surface area contributed by atoms with E-state index in [1.165, 1.54) is 64.3 Å². The average Bonchev–Trinajstić information content (AvgIpc) is 2.38. The molecular weight excluding hydrogens is 232 g/mol. The van der Waals surface area contributed by atoms with Gasteiger partial charge < -0.3 is 5.73 Å². The Balaban J connectivity index is 1.98. The van der Waals surface area contributed by atoms with E-state index in [1.807, 2.05) is 0 Å². The van der Waals surface area contributed by atoms with Crippen molar-refractivity contribution < 1.29 is 0 Å². The zero-order valence-electron chi connectivity index (χ0n) is 13.4. The molecule has 2 aliphatic rings. The van der Waals surface area contributed by atoms with Gasteiger partial charge in [-0.2, -0.15) is 0 Å². The van der Waals surface area contributed by atoms with E-state index in [9.17, 15) is 0 Å². The highest BCUT2D eigenvalue weighted by Gasteiger charge is 2.42. The second-order valence-corrected chi connectivity index (χ2v) is 8.01. The molecule has 1 unspecified atom stereocenters. The highest BCUT2D eigenvalue weighted by atomic mass is 15.2. The molecule has 0 amide bonds. The van der Waals surface area contributed by atoms with Crippen LogP contribution in [0.15, 0.2) is 0 Å². The molecule has 0 aromatic rings. The predicted molar refractivity (Wildman–Crippen MR) is 83.2 cm³/mol. The quantitative estimate of drug-likeness (QED) is 0.838. The largest absolute Gasteiger partial charge is 0.329 e. The van der Waals surface area contributed by atoms with Crippen molar-refractivity contribution in [1.82, 2.24) is 4.90 Å². The van der Waals surface area contributed by atoms with Gasteiger partial charge in [0.1, 0.15) is 0 Å². The monoisotopic (exact) mass is 266 g/mol. The molecule has 2 saturated carbocycles. The van der Waals surface area contributed by atoms with Crippen LogP contribution in [0.25, 0.3) is 0 Å². The molecule has 19 heavy (non-hydrogen) atoms. The first kappa shape index (κ1) is 15.3. The lowest BCUT2D eigenvalue weighted by Crippen LogP contribution is -2.57. The van der Waals surface area contributed by atoms with Gasteiger partial charge in [-0.15, -0.1) is 0 Å². The summed E-state index contributed by atoms with van der Waals surface area (Å²) in [7, 11) is 2.34. The lowest BCUT2D eigenvalue weighted by molar-refractivity contribution is 0.0146. The summed E-state index contributed by atoms with van der Waals surface area (Å²) in [6, 6.07) is 0. The summed E-state index contributed by atoms with van der Waals surface area (Å²) in [6.07, 6.45) is 12.5. The first-order chi connectivity index (χ1) is 8.97. The fourth-order valence-corrected chi connectivity index (χ4v) is 4.57. The molecule has 0 heterocycles. The van der Waals surface area contributed by atoms with Gasteiger partial charge in [-0.25, -0.2) is 0 Å². The van der Waals surface area contributed by atoms with Crippen LogP contribution in [0.2, 0.25) is 0 Å². The van der Waals surface area contributed by atoms with Crippen LogP contribution in [0, 0.1) is 11.3 Å². The van der Waals surface area contributed by atoms with Crippen LogP contribution >= 0.6 is 0 Å². The lowest BCUT2D eigenvalue weighted by Gasteiger charge is -2.50. The molecule has 0 saturated heterocycles. The smallest absolute Gasteiger partial charge is 0.0333 e. The number of likely N-dealkylation sites (N-methyl/N-ethyl adjacent to an activating group) is 1. The van der Waals surface area contributed by atoms with Crippen molar-refractivity contribution in [1.29, 1.82) is 0 Å². The molecule has 0 aliphatic heterocycles. The second kappa shape index (κ2) is 6.13. The van der Waals surface area contributed by atoms with E-state index in [0.717, 1.165) is 12.5 Å². The molecule has 2 rings (SSSR count). The predicted octanol–water partition coefficient (Wildman–Crippen LogP) is 3.80. The molecule has 2 fully saturated rings. The summed E-state index contributed by atoms with van der Waals surface area (Å²) in [5.74, 6) is 0.923. The van der Waals surface area contributed by atoms with Crippen molar-refractivity contribution in [3.63, 3.8) is 0 Å². The van der Waals surface area contributed by atoms with Crippen LogP contribution in [0.3, 0.4) is 0 Å². The molecular formula is C17H34N2. The van der Waals surface area contributed by atoms with Crippen molar-refractivity contribution in [2.24, 2.45) is 17.1 Å². The summed E-state index contributed by atoms with van der Waals surface area (Å²) >= 11 is 0. The summed E-state index contributed by atoms with van der Waals surface area (Å²) in [5, 5.41) is 0. The number of rotatable bonds is 4. The van der Waals surface area contributed by atoms with Crippen LogP contribution in [-0.4, -0.2) is 30.6 Å². The number of nitrogens with zero attached hydrogens (tertiary/aromatic N) is 1. The molecule has 2 heteroatoms. The van der Waals surface area contributed by atoms with Gasteiger partial charge in [0.15, 0.2) is 0 Å². The molecule has 2 N–H and O–H groups in total. The summed E-state index contributed by atoms with van der Waals surface area (Å²) in [6.45, 7) is 6.95. The van der Waals surface area contributed by atoms with Crippen LogP contribution < -0.4 is 5.73 Å². The Morgan fingerprint density at radius 3 is 2.32 bits per heavy atom. The highest BCUT2D eigenvalue weighted by molar-refractivity contribution is 4.98. The van der Waals surface area contributed by atoms with Crippen molar-refractivity contribution in [3.05, 3.63) is 0 Å². The van der Waals surface area contributed by atoms with Crippen molar-refractivity contribution in [2.75, 3.05) is 20.1 Å².